The zero-order valence-electron chi connectivity index (χ0n) is 8.62. The molecule has 14 heavy (non-hydrogen) atoms. The number of ether oxygens (including phenoxy) is 1. The minimum Gasteiger partial charge on any atom is -0.492 e. The molecule has 0 aliphatic rings. The van der Waals surface area contributed by atoms with Gasteiger partial charge in [-0.3, -0.25) is 0 Å². The third-order valence-corrected chi connectivity index (χ3v) is 1.85. The van der Waals surface area contributed by atoms with Gasteiger partial charge in [-0.05, 0) is 25.5 Å². The van der Waals surface area contributed by atoms with E-state index in [1.165, 1.54) is 0 Å². The van der Waals surface area contributed by atoms with Gasteiger partial charge in [0.05, 0.1) is 12.3 Å². The lowest BCUT2D eigenvalue weighted by Gasteiger charge is -2.11. The number of hydrogen-bond acceptors (Lipinski definition) is 2. The molecule has 0 bridgehead atoms. The van der Waals surface area contributed by atoms with E-state index in [0.717, 1.165) is 24.4 Å². The van der Waals surface area contributed by atoms with Gasteiger partial charge in [-0.2, -0.15) is 0 Å². The van der Waals surface area contributed by atoms with Crippen LogP contribution in [0.3, 0.4) is 0 Å². The van der Waals surface area contributed by atoms with Crippen molar-refractivity contribution in [1.82, 2.24) is 0 Å². The summed E-state index contributed by atoms with van der Waals surface area (Å²) in [7, 11) is 0. The van der Waals surface area contributed by atoms with Crippen LogP contribution in [0.15, 0.2) is 36.9 Å². The Labute approximate surface area is 85.6 Å². The second-order valence-corrected chi connectivity index (χ2v) is 2.93. The number of benzene rings is 1. The fraction of sp³-hybridized carbons (Fsp3) is 0.333. The Morgan fingerprint density at radius 3 is 2.93 bits per heavy atom. The Kier molecular flexibility index (Phi) is 4.62. The van der Waals surface area contributed by atoms with E-state index in [-0.39, 0.29) is 0 Å². The van der Waals surface area contributed by atoms with E-state index in [1.807, 2.05) is 37.3 Å². The van der Waals surface area contributed by atoms with Gasteiger partial charge in [-0.1, -0.05) is 18.2 Å². The number of hydrogen-bond donors (Lipinski definition) is 1. The maximum atomic E-state index is 5.48. The molecule has 2 heteroatoms. The molecule has 0 saturated heterocycles. The quantitative estimate of drug-likeness (QED) is 0.551. The fourth-order valence-corrected chi connectivity index (χ4v) is 1.20. The number of nitrogens with one attached hydrogen (secondary N) is 1. The van der Waals surface area contributed by atoms with Crippen LogP contribution in [0, 0.1) is 0 Å². The van der Waals surface area contributed by atoms with Crippen molar-refractivity contribution in [2.24, 2.45) is 0 Å². The largest absolute Gasteiger partial charge is 0.492 e. The highest BCUT2D eigenvalue weighted by Crippen LogP contribution is 2.23. The predicted octanol–water partition coefficient (Wildman–Crippen LogP) is 3.07. The molecule has 0 radical (unpaired) electrons. The Bertz CT molecular complexity index is 283. The van der Waals surface area contributed by atoms with Crippen LogP contribution in [0.1, 0.15) is 13.3 Å². The molecular weight excluding hydrogens is 174 g/mol. The first-order valence-electron chi connectivity index (χ1n) is 4.95. The van der Waals surface area contributed by atoms with Crippen LogP contribution in [0.2, 0.25) is 0 Å². The molecule has 0 fully saturated rings. The highest BCUT2D eigenvalue weighted by molar-refractivity contribution is 5.56. The Hall–Kier alpha value is -1.44. The van der Waals surface area contributed by atoms with Gasteiger partial charge in [0.15, 0.2) is 0 Å². The Balaban J connectivity index is 2.59. The molecular formula is C12H17NO. The Morgan fingerprint density at radius 2 is 2.21 bits per heavy atom. The van der Waals surface area contributed by atoms with Crippen molar-refractivity contribution in [3.8, 4) is 5.75 Å². The highest BCUT2D eigenvalue weighted by atomic mass is 16.5. The Morgan fingerprint density at radius 1 is 1.43 bits per heavy atom. The van der Waals surface area contributed by atoms with Crippen molar-refractivity contribution in [2.75, 3.05) is 18.5 Å². The standard InChI is InChI=1S/C12H17NO/c1-3-5-10-13-11-8-6-7-9-12(11)14-4-2/h3,6-9,13H,1,4-5,10H2,2H3. The molecule has 1 aromatic carbocycles. The summed E-state index contributed by atoms with van der Waals surface area (Å²) >= 11 is 0. The third-order valence-electron chi connectivity index (χ3n) is 1.85. The van der Waals surface area contributed by atoms with Crippen molar-refractivity contribution in [1.29, 1.82) is 0 Å². The summed E-state index contributed by atoms with van der Waals surface area (Å²) in [6.07, 6.45) is 2.86. The van der Waals surface area contributed by atoms with Crippen LogP contribution in [-0.2, 0) is 0 Å². The lowest BCUT2D eigenvalue weighted by Crippen LogP contribution is -2.03. The summed E-state index contributed by atoms with van der Waals surface area (Å²) in [6, 6.07) is 7.97. The van der Waals surface area contributed by atoms with E-state index in [4.69, 9.17) is 4.74 Å². The van der Waals surface area contributed by atoms with E-state index in [9.17, 15) is 0 Å². The predicted molar refractivity (Wildman–Crippen MR) is 60.9 cm³/mol. The molecule has 0 atom stereocenters. The summed E-state index contributed by atoms with van der Waals surface area (Å²) in [4.78, 5) is 0. The van der Waals surface area contributed by atoms with Crippen molar-refractivity contribution in [3.63, 3.8) is 0 Å². The second kappa shape index (κ2) is 6.08. The van der Waals surface area contributed by atoms with Crippen molar-refractivity contribution < 1.29 is 4.74 Å². The molecule has 0 amide bonds. The van der Waals surface area contributed by atoms with Gasteiger partial charge < -0.3 is 10.1 Å². The SMILES string of the molecule is C=CCCNc1ccccc1OCC. The minimum absolute atomic E-state index is 0.695. The van der Waals surface area contributed by atoms with E-state index in [0.29, 0.717) is 6.61 Å². The van der Waals surface area contributed by atoms with Crippen LogP contribution in [-0.4, -0.2) is 13.2 Å². The van der Waals surface area contributed by atoms with Crippen LogP contribution in [0.4, 0.5) is 5.69 Å². The van der Waals surface area contributed by atoms with Crippen molar-refractivity contribution in [2.45, 2.75) is 13.3 Å². The van der Waals surface area contributed by atoms with Crippen molar-refractivity contribution >= 4 is 5.69 Å². The zero-order valence-corrected chi connectivity index (χ0v) is 8.62. The molecule has 0 aliphatic carbocycles. The number of para-hydroxylation sites is 2. The number of anilines is 1. The first kappa shape index (κ1) is 10.6. The topological polar surface area (TPSA) is 21.3 Å². The molecule has 0 saturated carbocycles. The lowest BCUT2D eigenvalue weighted by atomic mass is 10.3. The normalized spacial score (nSPS) is 9.50. The molecule has 0 unspecified atom stereocenters. The first-order chi connectivity index (χ1) is 6.88. The smallest absolute Gasteiger partial charge is 0.142 e. The van der Waals surface area contributed by atoms with Gasteiger partial charge in [0.2, 0.25) is 0 Å². The zero-order chi connectivity index (χ0) is 10.2. The molecule has 0 aliphatic heterocycles. The van der Waals surface area contributed by atoms with Gasteiger partial charge in [-0.15, -0.1) is 6.58 Å². The van der Waals surface area contributed by atoms with E-state index in [2.05, 4.69) is 11.9 Å². The van der Waals surface area contributed by atoms with Gasteiger partial charge >= 0.3 is 0 Å². The average molecular weight is 191 g/mol. The fourth-order valence-electron chi connectivity index (χ4n) is 1.20. The molecule has 2 nitrogen and oxygen atoms in total. The molecule has 1 aromatic rings. The molecule has 1 rings (SSSR count). The lowest BCUT2D eigenvalue weighted by molar-refractivity contribution is 0.341. The third kappa shape index (κ3) is 3.13. The van der Waals surface area contributed by atoms with Crippen LogP contribution >= 0.6 is 0 Å². The summed E-state index contributed by atoms with van der Waals surface area (Å²) in [5.74, 6) is 0.916. The number of rotatable bonds is 6. The molecule has 0 spiro atoms. The van der Waals surface area contributed by atoms with E-state index >= 15 is 0 Å². The van der Waals surface area contributed by atoms with Gasteiger partial charge in [-0.25, -0.2) is 0 Å². The van der Waals surface area contributed by atoms with Gasteiger partial charge in [0, 0.05) is 6.54 Å². The maximum Gasteiger partial charge on any atom is 0.142 e. The van der Waals surface area contributed by atoms with Crippen LogP contribution < -0.4 is 10.1 Å². The average Bonchev–Trinajstić information content (AvgIpc) is 2.21. The summed E-state index contributed by atoms with van der Waals surface area (Å²) in [5, 5.41) is 3.30. The van der Waals surface area contributed by atoms with Gasteiger partial charge in [0.1, 0.15) is 5.75 Å². The van der Waals surface area contributed by atoms with Gasteiger partial charge in [0.25, 0.3) is 0 Å². The maximum absolute atomic E-state index is 5.48. The summed E-state index contributed by atoms with van der Waals surface area (Å²) < 4.78 is 5.48. The summed E-state index contributed by atoms with van der Waals surface area (Å²) in [5.41, 5.74) is 1.05. The second-order valence-electron chi connectivity index (χ2n) is 2.93. The summed E-state index contributed by atoms with van der Waals surface area (Å²) in [6.45, 7) is 7.26. The molecule has 0 aromatic heterocycles. The first-order valence-corrected chi connectivity index (χ1v) is 4.95. The monoisotopic (exact) mass is 191 g/mol. The van der Waals surface area contributed by atoms with E-state index in [1.54, 1.807) is 0 Å². The van der Waals surface area contributed by atoms with Crippen LogP contribution in [0.25, 0.3) is 0 Å². The highest BCUT2D eigenvalue weighted by Gasteiger charge is 1.99. The van der Waals surface area contributed by atoms with Crippen molar-refractivity contribution in [3.05, 3.63) is 36.9 Å². The van der Waals surface area contributed by atoms with Crippen LogP contribution in [0.5, 0.6) is 5.75 Å². The molecule has 1 N–H and O–H groups in total. The minimum atomic E-state index is 0.695. The molecule has 76 valence electrons. The molecule has 0 heterocycles. The van der Waals surface area contributed by atoms with E-state index < -0.39 is 0 Å².